The van der Waals surface area contributed by atoms with Crippen molar-refractivity contribution in [1.29, 1.82) is 0 Å². The summed E-state index contributed by atoms with van der Waals surface area (Å²) in [5.41, 5.74) is 10.3. The van der Waals surface area contributed by atoms with Crippen LogP contribution in [0.15, 0.2) is 42.5 Å². The lowest BCUT2D eigenvalue weighted by Gasteiger charge is -2.06. The predicted octanol–water partition coefficient (Wildman–Crippen LogP) is 4.20. The van der Waals surface area contributed by atoms with E-state index in [1.165, 1.54) is 11.1 Å². The molecule has 17 heavy (non-hydrogen) atoms. The zero-order chi connectivity index (χ0) is 11.5. The fourth-order valence-electron chi connectivity index (χ4n) is 1.82. The normalized spacial score (nSPS) is 9.82. The molecule has 0 fully saturated rings. The summed E-state index contributed by atoms with van der Waals surface area (Å²) in [5, 5.41) is 0.758. The van der Waals surface area contributed by atoms with Gasteiger partial charge in [-0.1, -0.05) is 41.4 Å². The van der Waals surface area contributed by atoms with Gasteiger partial charge in [-0.3, -0.25) is 0 Å². The summed E-state index contributed by atoms with van der Waals surface area (Å²) < 4.78 is 0. The third-order valence-corrected chi connectivity index (χ3v) is 2.77. The van der Waals surface area contributed by atoms with Gasteiger partial charge >= 0.3 is 0 Å². The fourth-order valence-corrected chi connectivity index (χ4v) is 2.01. The van der Waals surface area contributed by atoms with Gasteiger partial charge in [0.05, 0.1) is 0 Å². The molecule has 0 radical (unpaired) electrons. The second-order valence-corrected chi connectivity index (χ2v) is 4.36. The van der Waals surface area contributed by atoms with Crippen molar-refractivity contribution >= 4 is 24.0 Å². The first-order valence-electron chi connectivity index (χ1n) is 5.25. The van der Waals surface area contributed by atoms with Gasteiger partial charge in [-0.05, 0) is 41.8 Å². The highest BCUT2D eigenvalue weighted by Crippen LogP contribution is 2.24. The van der Waals surface area contributed by atoms with Crippen molar-refractivity contribution < 1.29 is 0 Å². The van der Waals surface area contributed by atoms with Gasteiger partial charge in [0.2, 0.25) is 0 Å². The first-order chi connectivity index (χ1) is 7.69. The number of nitrogens with two attached hydrogens (primary N) is 1. The highest BCUT2D eigenvalue weighted by molar-refractivity contribution is 6.30. The molecule has 0 aliphatic carbocycles. The van der Waals surface area contributed by atoms with Gasteiger partial charge in [0, 0.05) is 11.6 Å². The Kier molecular flexibility index (Phi) is 5.01. The van der Waals surface area contributed by atoms with Gasteiger partial charge in [-0.15, -0.1) is 12.4 Å². The third-order valence-electron chi connectivity index (χ3n) is 2.53. The van der Waals surface area contributed by atoms with E-state index in [-0.39, 0.29) is 12.4 Å². The van der Waals surface area contributed by atoms with Crippen LogP contribution in [0.1, 0.15) is 11.1 Å². The standard InChI is InChI=1S/C14H14ClN.ClH/c1-10-5-11(9-16)7-13(6-10)12-3-2-4-14(15)8-12;/h2-8H,9,16H2,1H3;1H. The molecule has 0 saturated carbocycles. The Morgan fingerprint density at radius 2 is 1.82 bits per heavy atom. The molecule has 2 rings (SSSR count). The first kappa shape index (κ1) is 14.0. The van der Waals surface area contributed by atoms with Gasteiger partial charge in [0.15, 0.2) is 0 Å². The lowest BCUT2D eigenvalue weighted by molar-refractivity contribution is 1.07. The highest BCUT2D eigenvalue weighted by atomic mass is 35.5. The summed E-state index contributed by atoms with van der Waals surface area (Å²) in [6.07, 6.45) is 0. The van der Waals surface area contributed by atoms with Crippen molar-refractivity contribution in [2.75, 3.05) is 0 Å². The van der Waals surface area contributed by atoms with Gasteiger partial charge in [0.1, 0.15) is 0 Å². The number of benzene rings is 2. The van der Waals surface area contributed by atoms with E-state index in [0.717, 1.165) is 16.1 Å². The molecular formula is C14H15Cl2N. The van der Waals surface area contributed by atoms with E-state index in [4.69, 9.17) is 17.3 Å². The van der Waals surface area contributed by atoms with Crippen LogP contribution in [0.2, 0.25) is 5.02 Å². The second kappa shape index (κ2) is 6.06. The fraction of sp³-hybridized carbons (Fsp3) is 0.143. The third kappa shape index (κ3) is 3.47. The molecule has 2 aromatic carbocycles. The van der Waals surface area contributed by atoms with Gasteiger partial charge in [-0.25, -0.2) is 0 Å². The molecule has 0 atom stereocenters. The monoisotopic (exact) mass is 267 g/mol. The van der Waals surface area contributed by atoms with Crippen LogP contribution in [0.3, 0.4) is 0 Å². The number of halogens is 2. The molecule has 3 heteroatoms. The molecule has 0 saturated heterocycles. The summed E-state index contributed by atoms with van der Waals surface area (Å²) in [4.78, 5) is 0. The maximum Gasteiger partial charge on any atom is 0.0412 e. The van der Waals surface area contributed by atoms with Crippen LogP contribution in [-0.2, 0) is 6.54 Å². The van der Waals surface area contributed by atoms with Crippen molar-refractivity contribution in [3.8, 4) is 11.1 Å². The molecule has 0 spiro atoms. The zero-order valence-electron chi connectivity index (χ0n) is 9.61. The largest absolute Gasteiger partial charge is 0.326 e. The minimum absolute atomic E-state index is 0. The molecule has 0 aliphatic heterocycles. The Balaban J connectivity index is 0.00000144. The van der Waals surface area contributed by atoms with Crippen LogP contribution in [0, 0.1) is 6.92 Å². The molecule has 0 bridgehead atoms. The van der Waals surface area contributed by atoms with E-state index in [9.17, 15) is 0 Å². The Hall–Kier alpha value is -1.02. The van der Waals surface area contributed by atoms with Crippen molar-refractivity contribution in [1.82, 2.24) is 0 Å². The SMILES string of the molecule is Cc1cc(CN)cc(-c2cccc(Cl)c2)c1.Cl. The second-order valence-electron chi connectivity index (χ2n) is 3.92. The quantitative estimate of drug-likeness (QED) is 0.868. The molecule has 0 aromatic heterocycles. The van der Waals surface area contributed by atoms with E-state index < -0.39 is 0 Å². The van der Waals surface area contributed by atoms with Gasteiger partial charge in [-0.2, -0.15) is 0 Å². The Labute approximate surface area is 113 Å². The molecule has 90 valence electrons. The Morgan fingerprint density at radius 1 is 1.06 bits per heavy atom. The lowest BCUT2D eigenvalue weighted by Crippen LogP contribution is -1.97. The predicted molar refractivity (Wildman–Crippen MR) is 76.8 cm³/mol. The zero-order valence-corrected chi connectivity index (χ0v) is 11.2. The van der Waals surface area contributed by atoms with Crippen LogP contribution >= 0.6 is 24.0 Å². The molecule has 0 unspecified atom stereocenters. The van der Waals surface area contributed by atoms with E-state index >= 15 is 0 Å². The average molecular weight is 268 g/mol. The average Bonchev–Trinajstić information content (AvgIpc) is 2.28. The molecule has 1 nitrogen and oxygen atoms in total. The lowest BCUT2D eigenvalue weighted by atomic mass is 10.0. The van der Waals surface area contributed by atoms with E-state index in [0.29, 0.717) is 6.54 Å². The van der Waals surface area contributed by atoms with Crippen LogP contribution in [0.5, 0.6) is 0 Å². The van der Waals surface area contributed by atoms with E-state index in [1.54, 1.807) is 0 Å². The Bertz CT molecular complexity index is 509. The van der Waals surface area contributed by atoms with Crippen molar-refractivity contribution in [2.24, 2.45) is 5.73 Å². The minimum Gasteiger partial charge on any atom is -0.326 e. The number of hydrogen-bond acceptors (Lipinski definition) is 1. The van der Waals surface area contributed by atoms with Crippen molar-refractivity contribution in [3.63, 3.8) is 0 Å². The summed E-state index contributed by atoms with van der Waals surface area (Å²) >= 11 is 5.98. The molecule has 2 N–H and O–H groups in total. The molecule has 0 heterocycles. The van der Waals surface area contributed by atoms with Crippen LogP contribution in [-0.4, -0.2) is 0 Å². The minimum atomic E-state index is 0. The topological polar surface area (TPSA) is 26.0 Å². The number of rotatable bonds is 2. The highest BCUT2D eigenvalue weighted by Gasteiger charge is 2.01. The van der Waals surface area contributed by atoms with Crippen LogP contribution < -0.4 is 5.73 Å². The summed E-state index contributed by atoms with van der Waals surface area (Å²) in [6.45, 7) is 2.64. The first-order valence-corrected chi connectivity index (χ1v) is 5.63. The van der Waals surface area contributed by atoms with Crippen molar-refractivity contribution in [3.05, 3.63) is 58.6 Å². The van der Waals surface area contributed by atoms with Crippen LogP contribution in [0.25, 0.3) is 11.1 Å². The van der Waals surface area contributed by atoms with E-state index in [2.05, 4.69) is 31.2 Å². The number of aryl methyl sites for hydroxylation is 1. The summed E-state index contributed by atoms with van der Waals surface area (Å²) in [7, 11) is 0. The van der Waals surface area contributed by atoms with Gasteiger partial charge in [0.25, 0.3) is 0 Å². The van der Waals surface area contributed by atoms with Gasteiger partial charge < -0.3 is 5.73 Å². The van der Waals surface area contributed by atoms with Crippen LogP contribution in [0.4, 0.5) is 0 Å². The molecular weight excluding hydrogens is 253 g/mol. The summed E-state index contributed by atoms with van der Waals surface area (Å²) in [6, 6.07) is 14.2. The van der Waals surface area contributed by atoms with E-state index in [1.807, 2.05) is 18.2 Å². The maximum absolute atomic E-state index is 5.98. The maximum atomic E-state index is 5.98. The molecule has 0 amide bonds. The van der Waals surface area contributed by atoms with Crippen molar-refractivity contribution in [2.45, 2.75) is 13.5 Å². The Morgan fingerprint density at radius 3 is 2.47 bits per heavy atom. The summed E-state index contributed by atoms with van der Waals surface area (Å²) in [5.74, 6) is 0. The molecule has 2 aromatic rings. The number of hydrogen-bond donors (Lipinski definition) is 1. The smallest absolute Gasteiger partial charge is 0.0412 e. The molecule has 0 aliphatic rings.